The quantitative estimate of drug-likeness (QED) is 0.294. The van der Waals surface area contributed by atoms with Crippen molar-refractivity contribution in [1.82, 2.24) is 29.7 Å². The minimum atomic E-state index is -5.02. The van der Waals surface area contributed by atoms with Crippen LogP contribution in [0.25, 0.3) is 22.4 Å². The minimum Gasteiger partial charge on any atom is -0.373 e. The second-order valence-corrected chi connectivity index (χ2v) is 9.87. The fourth-order valence-electron chi connectivity index (χ4n) is 4.77. The van der Waals surface area contributed by atoms with E-state index < -0.39 is 28.9 Å². The molecule has 0 amide bonds. The van der Waals surface area contributed by atoms with E-state index >= 15 is 0 Å². The van der Waals surface area contributed by atoms with Gasteiger partial charge < -0.3 is 4.74 Å². The van der Waals surface area contributed by atoms with Crippen molar-refractivity contribution < 1.29 is 26.7 Å². The number of nitrogens with zero attached hydrogens (tertiary/aromatic N) is 6. The molecule has 7 nitrogen and oxygen atoms in total. The zero-order valence-electron chi connectivity index (χ0n) is 20.6. The van der Waals surface area contributed by atoms with Gasteiger partial charge in [-0.3, -0.25) is 4.68 Å². The first-order chi connectivity index (χ1) is 18.1. The highest BCUT2D eigenvalue weighted by atomic mass is 19.4. The zero-order chi connectivity index (χ0) is 26.8. The van der Waals surface area contributed by atoms with Crippen molar-refractivity contribution in [3.63, 3.8) is 0 Å². The highest BCUT2D eigenvalue weighted by Crippen LogP contribution is 2.41. The van der Waals surface area contributed by atoms with Crippen molar-refractivity contribution in [2.24, 2.45) is 0 Å². The standard InChI is InChI=1S/C26H23F5N6O/c1-12-13(2)34-25-23(33-12)22(17-8-18(26(29,30)31)20(28)9-19(17)27)35-24(36-25)14-5-6-38-21(7-14)15-10-32-37(11-15)16-3-4-16/h8-11,14,16,21H,3-7H2,1-2H3/t14-,21+/m1/s1. The molecule has 38 heavy (non-hydrogen) atoms. The largest absolute Gasteiger partial charge is 0.419 e. The van der Waals surface area contributed by atoms with Gasteiger partial charge in [0, 0.05) is 35.9 Å². The van der Waals surface area contributed by atoms with Crippen LogP contribution in [-0.4, -0.2) is 36.3 Å². The zero-order valence-corrected chi connectivity index (χ0v) is 20.6. The summed E-state index contributed by atoms with van der Waals surface area (Å²) in [6.45, 7) is 3.81. The Hall–Kier alpha value is -3.54. The molecule has 0 bridgehead atoms. The number of hydrogen-bond acceptors (Lipinski definition) is 6. The number of fused-ring (bicyclic) bond motifs is 1. The lowest BCUT2D eigenvalue weighted by atomic mass is 9.92. The predicted octanol–water partition coefficient (Wildman–Crippen LogP) is 6.17. The third-order valence-corrected chi connectivity index (χ3v) is 7.14. The van der Waals surface area contributed by atoms with E-state index in [1.807, 2.05) is 10.9 Å². The Balaban J connectivity index is 1.45. The van der Waals surface area contributed by atoms with Crippen molar-refractivity contribution in [3.8, 4) is 11.3 Å². The van der Waals surface area contributed by atoms with Gasteiger partial charge in [0.25, 0.3) is 0 Å². The normalized spacial score (nSPS) is 20.3. The van der Waals surface area contributed by atoms with Crippen molar-refractivity contribution in [3.05, 3.63) is 64.5 Å². The monoisotopic (exact) mass is 530 g/mol. The van der Waals surface area contributed by atoms with Crippen LogP contribution in [0.1, 0.15) is 72.1 Å². The van der Waals surface area contributed by atoms with E-state index in [9.17, 15) is 22.0 Å². The molecule has 2 aliphatic rings. The molecule has 1 saturated heterocycles. The summed E-state index contributed by atoms with van der Waals surface area (Å²) in [6.07, 6.45) is 1.71. The molecule has 0 unspecified atom stereocenters. The Kier molecular flexibility index (Phi) is 5.89. The average Bonchev–Trinajstić information content (AvgIpc) is 3.60. The first-order valence-corrected chi connectivity index (χ1v) is 12.3. The highest BCUT2D eigenvalue weighted by molar-refractivity contribution is 5.87. The topological polar surface area (TPSA) is 78.6 Å². The molecular formula is C26H23F5N6O. The molecule has 1 aliphatic heterocycles. The highest BCUT2D eigenvalue weighted by Gasteiger charge is 2.36. The number of aromatic nitrogens is 6. The van der Waals surface area contributed by atoms with Crippen LogP contribution in [0, 0.1) is 25.5 Å². The van der Waals surface area contributed by atoms with Gasteiger partial charge >= 0.3 is 6.18 Å². The molecule has 1 saturated carbocycles. The summed E-state index contributed by atoms with van der Waals surface area (Å²) in [5.41, 5.74) is -0.0909. The van der Waals surface area contributed by atoms with Crippen LogP contribution < -0.4 is 0 Å². The van der Waals surface area contributed by atoms with Crippen LogP contribution in [0.15, 0.2) is 24.5 Å². The second kappa shape index (κ2) is 9.04. The minimum absolute atomic E-state index is 0.0461. The Labute approximate surface area is 214 Å². The molecule has 1 aliphatic carbocycles. The van der Waals surface area contributed by atoms with Crippen LogP contribution in [-0.2, 0) is 10.9 Å². The lowest BCUT2D eigenvalue weighted by molar-refractivity contribution is -0.140. The summed E-state index contributed by atoms with van der Waals surface area (Å²) in [7, 11) is 0. The third kappa shape index (κ3) is 4.50. The van der Waals surface area contributed by atoms with E-state index in [4.69, 9.17) is 4.74 Å². The van der Waals surface area contributed by atoms with Crippen LogP contribution in [0.2, 0.25) is 0 Å². The van der Waals surface area contributed by atoms with Gasteiger partial charge in [-0.1, -0.05) is 0 Å². The van der Waals surface area contributed by atoms with E-state index in [-0.39, 0.29) is 34.9 Å². The van der Waals surface area contributed by atoms with E-state index in [0.29, 0.717) is 48.8 Å². The molecule has 12 heteroatoms. The lowest BCUT2D eigenvalue weighted by Gasteiger charge is -2.28. The predicted molar refractivity (Wildman–Crippen MR) is 126 cm³/mol. The molecule has 2 atom stereocenters. The maximum Gasteiger partial charge on any atom is 0.419 e. The number of benzene rings is 1. The lowest BCUT2D eigenvalue weighted by Crippen LogP contribution is -2.20. The van der Waals surface area contributed by atoms with Crippen LogP contribution in [0.3, 0.4) is 0 Å². The molecule has 4 heterocycles. The number of alkyl halides is 3. The number of hydrogen-bond donors (Lipinski definition) is 0. The molecule has 0 radical (unpaired) electrons. The number of rotatable bonds is 4. The first-order valence-electron chi connectivity index (χ1n) is 12.3. The van der Waals surface area contributed by atoms with Gasteiger partial charge in [-0.15, -0.1) is 0 Å². The summed E-state index contributed by atoms with van der Waals surface area (Å²) >= 11 is 0. The summed E-state index contributed by atoms with van der Waals surface area (Å²) < 4.78 is 77.5. The maximum absolute atomic E-state index is 15.0. The molecular weight excluding hydrogens is 507 g/mol. The Morgan fingerprint density at radius 1 is 0.947 bits per heavy atom. The molecule has 3 aromatic heterocycles. The van der Waals surface area contributed by atoms with Crippen molar-refractivity contribution in [2.45, 2.75) is 63.8 Å². The van der Waals surface area contributed by atoms with Gasteiger partial charge in [-0.05, 0) is 45.6 Å². The van der Waals surface area contributed by atoms with E-state index in [0.717, 1.165) is 18.4 Å². The summed E-state index contributed by atoms with van der Waals surface area (Å²) in [4.78, 5) is 18.0. The third-order valence-electron chi connectivity index (χ3n) is 7.14. The Bertz CT molecular complexity index is 1550. The Morgan fingerprint density at radius 3 is 2.45 bits per heavy atom. The van der Waals surface area contributed by atoms with E-state index in [2.05, 4.69) is 25.0 Å². The van der Waals surface area contributed by atoms with Crippen molar-refractivity contribution in [1.29, 1.82) is 0 Å². The fraction of sp³-hybridized carbons (Fsp3) is 0.423. The fourth-order valence-corrected chi connectivity index (χ4v) is 4.77. The number of aryl methyl sites for hydroxylation is 2. The van der Waals surface area contributed by atoms with Gasteiger partial charge in [0.2, 0.25) is 0 Å². The smallest absolute Gasteiger partial charge is 0.373 e. The number of ether oxygens (including phenoxy) is 1. The van der Waals surface area contributed by atoms with Crippen LogP contribution in [0.4, 0.5) is 22.0 Å². The van der Waals surface area contributed by atoms with Gasteiger partial charge in [-0.25, -0.2) is 28.7 Å². The maximum atomic E-state index is 15.0. The summed E-state index contributed by atoms with van der Waals surface area (Å²) in [5.74, 6) is -2.83. The average molecular weight is 531 g/mol. The van der Waals surface area contributed by atoms with Gasteiger partial charge in [0.1, 0.15) is 28.7 Å². The van der Waals surface area contributed by atoms with Crippen molar-refractivity contribution in [2.75, 3.05) is 6.61 Å². The molecule has 1 aromatic carbocycles. The molecule has 4 aromatic rings. The Morgan fingerprint density at radius 2 is 1.71 bits per heavy atom. The molecule has 0 N–H and O–H groups in total. The molecule has 0 spiro atoms. The molecule has 6 rings (SSSR count). The summed E-state index contributed by atoms with van der Waals surface area (Å²) in [5, 5.41) is 4.43. The second-order valence-electron chi connectivity index (χ2n) is 9.87. The first kappa shape index (κ1) is 24.8. The van der Waals surface area contributed by atoms with Crippen molar-refractivity contribution >= 4 is 11.2 Å². The molecule has 2 fully saturated rings. The SMILES string of the molecule is Cc1nc2nc([C@@H]3CCO[C@H](c4cnn(C5CC5)c4)C3)nc(-c3cc(C(F)(F)F)c(F)cc3F)c2nc1C. The van der Waals surface area contributed by atoms with Gasteiger partial charge in [0.05, 0.1) is 35.3 Å². The van der Waals surface area contributed by atoms with Crippen LogP contribution >= 0.6 is 0 Å². The molecule has 198 valence electrons. The van der Waals surface area contributed by atoms with Crippen LogP contribution in [0.5, 0.6) is 0 Å². The summed E-state index contributed by atoms with van der Waals surface area (Å²) in [6, 6.07) is 1.08. The van der Waals surface area contributed by atoms with E-state index in [1.54, 1.807) is 20.0 Å². The number of halogens is 5. The van der Waals surface area contributed by atoms with Gasteiger partial charge in [0.15, 0.2) is 5.65 Å². The van der Waals surface area contributed by atoms with Gasteiger partial charge in [-0.2, -0.15) is 18.3 Å². The van der Waals surface area contributed by atoms with E-state index in [1.165, 1.54) is 0 Å².